The molecular formula is C23H23F3N6O2. The summed E-state index contributed by atoms with van der Waals surface area (Å²) in [6, 6.07) is 12.4. The van der Waals surface area contributed by atoms with E-state index in [4.69, 9.17) is 4.42 Å². The van der Waals surface area contributed by atoms with E-state index in [0.717, 1.165) is 13.1 Å². The first-order valence-electron chi connectivity index (χ1n) is 10.9. The molecule has 0 unspecified atom stereocenters. The molecule has 3 aromatic rings. The molecule has 5 rings (SSSR count). The van der Waals surface area contributed by atoms with Gasteiger partial charge in [0.05, 0.1) is 17.8 Å². The monoisotopic (exact) mass is 472 g/mol. The zero-order valence-corrected chi connectivity index (χ0v) is 18.4. The number of pyridine rings is 1. The Kier molecular flexibility index (Phi) is 5.82. The Morgan fingerprint density at radius 3 is 2.50 bits per heavy atom. The Bertz CT molecular complexity index is 1150. The number of benzene rings is 1. The summed E-state index contributed by atoms with van der Waals surface area (Å²) in [6.07, 6.45) is -1.46. The van der Waals surface area contributed by atoms with Crippen molar-refractivity contribution in [2.75, 3.05) is 38.1 Å². The topological polar surface area (TPSA) is 78.6 Å². The molecule has 2 fully saturated rings. The molecule has 178 valence electrons. The average Bonchev–Trinajstić information content (AvgIpc) is 3.30. The Labute approximate surface area is 194 Å². The van der Waals surface area contributed by atoms with E-state index >= 15 is 4.39 Å². The fraction of sp³-hybridized carbons (Fsp3) is 0.391. The Morgan fingerprint density at radius 2 is 1.91 bits per heavy atom. The summed E-state index contributed by atoms with van der Waals surface area (Å²) in [7, 11) is 2.01. The second-order valence-corrected chi connectivity index (χ2v) is 8.76. The molecule has 0 bridgehead atoms. The number of likely N-dealkylation sites (tertiary alicyclic amines) is 2. The molecule has 34 heavy (non-hydrogen) atoms. The quantitative estimate of drug-likeness (QED) is 0.523. The number of carbonyl (C=O) groups is 1. The van der Waals surface area contributed by atoms with Crippen LogP contribution in [0.15, 0.2) is 53.1 Å². The zero-order valence-electron chi connectivity index (χ0n) is 18.4. The largest absolute Gasteiger partial charge is 0.415 e. The number of hydrogen-bond donors (Lipinski definition) is 0. The molecule has 2 aliphatic heterocycles. The highest BCUT2D eigenvalue weighted by Crippen LogP contribution is 2.34. The van der Waals surface area contributed by atoms with Crippen LogP contribution < -0.4 is 4.90 Å². The van der Waals surface area contributed by atoms with Gasteiger partial charge in [0, 0.05) is 44.1 Å². The lowest BCUT2D eigenvalue weighted by Gasteiger charge is -2.53. The third-order valence-corrected chi connectivity index (χ3v) is 6.18. The van der Waals surface area contributed by atoms with E-state index in [2.05, 4.69) is 20.1 Å². The highest BCUT2D eigenvalue weighted by Gasteiger charge is 2.55. The summed E-state index contributed by atoms with van der Waals surface area (Å²) in [5.74, 6) is -1.45. The minimum Gasteiger partial charge on any atom is -0.415 e. The van der Waals surface area contributed by atoms with Gasteiger partial charge in [0.15, 0.2) is 0 Å². The number of alkyl halides is 3. The van der Waals surface area contributed by atoms with Crippen molar-refractivity contribution in [3.8, 4) is 11.5 Å². The highest BCUT2D eigenvalue weighted by molar-refractivity contribution is 6.00. The number of anilines is 1. The summed E-state index contributed by atoms with van der Waals surface area (Å²) in [5, 5.41) is 6.91. The molecule has 2 aliphatic rings. The first-order chi connectivity index (χ1) is 16.3. The maximum Gasteiger partial charge on any atom is 0.314 e. The Hall–Kier alpha value is -3.31. The van der Waals surface area contributed by atoms with Gasteiger partial charge in [-0.05, 0) is 31.3 Å². The number of carbonyl (C=O) groups excluding carboxylic acids is 1. The normalized spacial score (nSPS) is 18.5. The SMILES string of the molecule is CN1CC(N2CC(F)(C(=O)N(Cc3ccc(-c4nnc(C(F)F)o4)cn3)c3ccccc3)C2)C1. The van der Waals surface area contributed by atoms with Gasteiger partial charge in [-0.3, -0.25) is 14.7 Å². The predicted molar refractivity (Wildman–Crippen MR) is 117 cm³/mol. The van der Waals surface area contributed by atoms with Gasteiger partial charge in [-0.15, -0.1) is 10.2 Å². The van der Waals surface area contributed by atoms with Gasteiger partial charge in [0.2, 0.25) is 11.6 Å². The third-order valence-electron chi connectivity index (χ3n) is 6.18. The van der Waals surface area contributed by atoms with E-state index < -0.39 is 23.9 Å². The van der Waals surface area contributed by atoms with Crippen molar-refractivity contribution in [1.82, 2.24) is 25.0 Å². The van der Waals surface area contributed by atoms with Crippen LogP contribution in [0.1, 0.15) is 18.0 Å². The number of aromatic nitrogens is 3. The van der Waals surface area contributed by atoms with Gasteiger partial charge in [-0.2, -0.15) is 8.78 Å². The van der Waals surface area contributed by atoms with Crippen LogP contribution in [0, 0.1) is 0 Å². The predicted octanol–water partition coefficient (Wildman–Crippen LogP) is 2.94. The second kappa shape index (κ2) is 8.80. The van der Waals surface area contributed by atoms with E-state index in [1.54, 1.807) is 36.4 Å². The number of nitrogens with zero attached hydrogens (tertiary/aromatic N) is 6. The highest BCUT2D eigenvalue weighted by atomic mass is 19.3. The van der Waals surface area contributed by atoms with Crippen LogP contribution in [-0.4, -0.2) is 75.8 Å². The maximum atomic E-state index is 15.6. The van der Waals surface area contributed by atoms with Crippen molar-refractivity contribution in [3.63, 3.8) is 0 Å². The molecule has 0 atom stereocenters. The molecule has 0 N–H and O–H groups in total. The summed E-state index contributed by atoms with van der Waals surface area (Å²) >= 11 is 0. The molecule has 2 aromatic heterocycles. The fourth-order valence-corrected chi connectivity index (χ4v) is 4.26. The van der Waals surface area contributed by atoms with Crippen LogP contribution in [0.25, 0.3) is 11.5 Å². The summed E-state index contributed by atoms with van der Waals surface area (Å²) in [4.78, 5) is 23.2. The van der Waals surface area contributed by atoms with Crippen LogP contribution in [-0.2, 0) is 11.3 Å². The van der Waals surface area contributed by atoms with Crippen molar-refractivity contribution < 1.29 is 22.4 Å². The number of amides is 1. The standard InChI is InChI=1S/C23H23F3N6O2/c1-30-11-18(12-30)31-13-23(26,14-31)22(33)32(17-5-3-2-4-6-17)10-16-8-7-15(9-27-16)20-28-29-21(34-20)19(24)25/h2-9,18-19H,10-14H2,1H3. The molecule has 0 radical (unpaired) electrons. The van der Waals surface area contributed by atoms with Gasteiger partial charge in [-0.1, -0.05) is 18.2 Å². The molecule has 11 heteroatoms. The van der Waals surface area contributed by atoms with Crippen LogP contribution >= 0.6 is 0 Å². The number of hydrogen-bond acceptors (Lipinski definition) is 7. The first-order valence-corrected chi connectivity index (χ1v) is 10.9. The molecule has 0 saturated carbocycles. The van der Waals surface area contributed by atoms with Gasteiger partial charge < -0.3 is 14.2 Å². The molecular weight excluding hydrogens is 449 g/mol. The van der Waals surface area contributed by atoms with Gasteiger partial charge in [0.25, 0.3) is 11.8 Å². The summed E-state index contributed by atoms with van der Waals surface area (Å²) in [5.41, 5.74) is -0.534. The minimum atomic E-state index is -2.86. The number of rotatable bonds is 7. The molecule has 1 aromatic carbocycles. The molecule has 0 spiro atoms. The number of para-hydroxylation sites is 1. The van der Waals surface area contributed by atoms with Crippen molar-refractivity contribution in [1.29, 1.82) is 0 Å². The van der Waals surface area contributed by atoms with Crippen molar-refractivity contribution in [2.24, 2.45) is 0 Å². The van der Waals surface area contributed by atoms with E-state index in [0.29, 0.717) is 16.9 Å². The van der Waals surface area contributed by atoms with Crippen molar-refractivity contribution in [2.45, 2.75) is 24.7 Å². The number of likely N-dealkylation sites (N-methyl/N-ethyl adjacent to an activating group) is 1. The molecule has 4 heterocycles. The van der Waals surface area contributed by atoms with Gasteiger partial charge >= 0.3 is 6.43 Å². The van der Waals surface area contributed by atoms with E-state index in [-0.39, 0.29) is 31.6 Å². The van der Waals surface area contributed by atoms with Gasteiger partial charge in [0.1, 0.15) is 0 Å². The number of halogens is 3. The van der Waals surface area contributed by atoms with E-state index in [1.807, 2.05) is 18.0 Å². The minimum absolute atomic E-state index is 0.0487. The van der Waals surface area contributed by atoms with Crippen LogP contribution in [0.5, 0.6) is 0 Å². The summed E-state index contributed by atoms with van der Waals surface area (Å²) < 4.78 is 45.9. The second-order valence-electron chi connectivity index (χ2n) is 8.76. The third kappa shape index (κ3) is 4.28. The van der Waals surface area contributed by atoms with Crippen molar-refractivity contribution in [3.05, 3.63) is 60.2 Å². The molecule has 2 saturated heterocycles. The average molecular weight is 472 g/mol. The first kappa shape index (κ1) is 22.5. The maximum absolute atomic E-state index is 15.6. The Balaban J connectivity index is 1.32. The lowest BCUT2D eigenvalue weighted by atomic mass is 9.90. The summed E-state index contributed by atoms with van der Waals surface area (Å²) in [6.45, 7) is 1.95. The molecule has 8 nitrogen and oxygen atoms in total. The zero-order chi connectivity index (χ0) is 23.9. The molecule has 1 amide bonds. The Morgan fingerprint density at radius 1 is 1.18 bits per heavy atom. The lowest BCUT2D eigenvalue weighted by Crippen LogP contribution is -2.73. The van der Waals surface area contributed by atoms with Crippen LogP contribution in [0.2, 0.25) is 0 Å². The molecule has 0 aliphatic carbocycles. The van der Waals surface area contributed by atoms with Crippen LogP contribution in [0.3, 0.4) is 0 Å². The van der Waals surface area contributed by atoms with E-state index in [1.165, 1.54) is 11.1 Å². The smallest absolute Gasteiger partial charge is 0.314 e. The lowest BCUT2D eigenvalue weighted by molar-refractivity contribution is -0.149. The van der Waals surface area contributed by atoms with Gasteiger partial charge in [-0.25, -0.2) is 4.39 Å². The van der Waals surface area contributed by atoms with Crippen LogP contribution in [0.4, 0.5) is 18.9 Å². The van der Waals surface area contributed by atoms with Crippen molar-refractivity contribution >= 4 is 11.6 Å². The van der Waals surface area contributed by atoms with E-state index in [9.17, 15) is 13.6 Å². The fourth-order valence-electron chi connectivity index (χ4n) is 4.26.